The van der Waals surface area contributed by atoms with Crippen LogP contribution in [0.2, 0.25) is 0 Å². The van der Waals surface area contributed by atoms with E-state index in [1.807, 2.05) is 36.7 Å². The Labute approximate surface area is 138 Å². The largest absolute Gasteiger partial charge is 0.497 e. The predicted molar refractivity (Wildman–Crippen MR) is 90.7 cm³/mol. The van der Waals surface area contributed by atoms with E-state index < -0.39 is 0 Å². The first-order valence-electron chi connectivity index (χ1n) is 8.21. The summed E-state index contributed by atoms with van der Waals surface area (Å²) in [5.74, 6) is 2.36. The van der Waals surface area contributed by atoms with E-state index in [9.17, 15) is 0 Å². The summed E-state index contributed by atoms with van der Waals surface area (Å²) in [7, 11) is 1.68. The number of methoxy groups -OCH3 is 1. The molecule has 0 bridgehead atoms. The van der Waals surface area contributed by atoms with Gasteiger partial charge >= 0.3 is 0 Å². The van der Waals surface area contributed by atoms with Crippen LogP contribution in [0, 0.1) is 5.92 Å². The Kier molecular flexibility index (Phi) is 5.48. The monoisotopic (exact) mass is 312 g/mol. The number of likely N-dealkylation sites (tertiary alicyclic amines) is 1. The van der Waals surface area contributed by atoms with E-state index in [0.717, 1.165) is 31.2 Å². The van der Waals surface area contributed by atoms with E-state index in [1.54, 1.807) is 7.11 Å². The lowest BCUT2D eigenvalue weighted by molar-refractivity contribution is 0.125. The highest BCUT2D eigenvalue weighted by molar-refractivity contribution is 5.31. The van der Waals surface area contributed by atoms with Crippen molar-refractivity contribution >= 4 is 0 Å². The molecule has 3 rings (SSSR count). The maximum absolute atomic E-state index is 5.95. The molecular weight excluding hydrogens is 288 g/mol. The lowest BCUT2D eigenvalue weighted by Gasteiger charge is -2.32. The molecule has 0 amide bonds. The third kappa shape index (κ3) is 4.70. The van der Waals surface area contributed by atoms with Crippen molar-refractivity contribution in [3.63, 3.8) is 0 Å². The van der Waals surface area contributed by atoms with Crippen LogP contribution in [-0.4, -0.2) is 36.7 Å². The second-order valence-corrected chi connectivity index (χ2v) is 6.09. The van der Waals surface area contributed by atoms with Gasteiger partial charge in [-0.05, 0) is 61.3 Å². The van der Waals surface area contributed by atoms with Crippen molar-refractivity contribution in [1.29, 1.82) is 0 Å². The molecule has 1 atom stereocenters. The highest BCUT2D eigenvalue weighted by Gasteiger charge is 2.20. The molecule has 23 heavy (non-hydrogen) atoms. The molecule has 0 saturated carbocycles. The van der Waals surface area contributed by atoms with Crippen LogP contribution < -0.4 is 9.47 Å². The number of piperidine rings is 1. The Morgan fingerprint density at radius 1 is 1.09 bits per heavy atom. The van der Waals surface area contributed by atoms with Crippen molar-refractivity contribution in [1.82, 2.24) is 9.88 Å². The van der Waals surface area contributed by atoms with Gasteiger partial charge in [0.1, 0.15) is 11.5 Å². The van der Waals surface area contributed by atoms with Crippen LogP contribution in [0.3, 0.4) is 0 Å². The molecule has 1 aromatic heterocycles. The minimum atomic E-state index is 0.590. The van der Waals surface area contributed by atoms with Gasteiger partial charge in [0.2, 0.25) is 0 Å². The summed E-state index contributed by atoms with van der Waals surface area (Å²) in [4.78, 5) is 6.60. The molecule has 2 heterocycles. The van der Waals surface area contributed by atoms with Crippen LogP contribution in [-0.2, 0) is 6.54 Å². The van der Waals surface area contributed by atoms with E-state index in [4.69, 9.17) is 9.47 Å². The summed E-state index contributed by atoms with van der Waals surface area (Å²) in [6.07, 6.45) is 6.21. The van der Waals surface area contributed by atoms with Gasteiger partial charge in [-0.3, -0.25) is 9.88 Å². The molecule has 122 valence electrons. The molecule has 1 aliphatic heterocycles. The van der Waals surface area contributed by atoms with Gasteiger partial charge in [-0.2, -0.15) is 0 Å². The molecule has 4 heteroatoms. The first-order valence-corrected chi connectivity index (χ1v) is 8.21. The Bertz CT molecular complexity index is 586. The number of pyridine rings is 1. The van der Waals surface area contributed by atoms with Crippen molar-refractivity contribution in [3.05, 3.63) is 54.4 Å². The summed E-state index contributed by atoms with van der Waals surface area (Å²) in [6.45, 7) is 4.04. The maximum atomic E-state index is 5.95. The third-order valence-corrected chi connectivity index (χ3v) is 4.30. The zero-order valence-corrected chi connectivity index (χ0v) is 13.6. The van der Waals surface area contributed by atoms with Crippen molar-refractivity contribution in [2.24, 2.45) is 5.92 Å². The highest BCUT2D eigenvalue weighted by Crippen LogP contribution is 2.21. The Morgan fingerprint density at radius 3 is 2.57 bits per heavy atom. The summed E-state index contributed by atoms with van der Waals surface area (Å²) in [5.41, 5.74) is 1.33. The van der Waals surface area contributed by atoms with E-state index in [1.165, 1.54) is 24.9 Å². The predicted octanol–water partition coefficient (Wildman–Crippen LogP) is 3.38. The molecule has 0 radical (unpaired) electrons. The van der Waals surface area contributed by atoms with Gasteiger partial charge < -0.3 is 9.47 Å². The summed E-state index contributed by atoms with van der Waals surface area (Å²) in [6, 6.07) is 12.0. The highest BCUT2D eigenvalue weighted by atomic mass is 16.5. The molecule has 4 nitrogen and oxygen atoms in total. The Morgan fingerprint density at radius 2 is 1.83 bits per heavy atom. The maximum Gasteiger partial charge on any atom is 0.119 e. The van der Waals surface area contributed by atoms with Crippen LogP contribution in [0.1, 0.15) is 18.4 Å². The quantitative estimate of drug-likeness (QED) is 0.819. The number of benzene rings is 1. The minimum Gasteiger partial charge on any atom is -0.497 e. The van der Waals surface area contributed by atoms with Gasteiger partial charge in [0.25, 0.3) is 0 Å². The number of nitrogens with zero attached hydrogens (tertiary/aromatic N) is 2. The summed E-state index contributed by atoms with van der Waals surface area (Å²) < 4.78 is 11.1. The van der Waals surface area contributed by atoms with Gasteiger partial charge in [0, 0.05) is 31.4 Å². The zero-order valence-electron chi connectivity index (χ0n) is 13.6. The molecule has 0 unspecified atom stereocenters. The van der Waals surface area contributed by atoms with Crippen molar-refractivity contribution in [2.75, 3.05) is 26.8 Å². The average Bonchev–Trinajstić information content (AvgIpc) is 2.62. The van der Waals surface area contributed by atoms with Crippen molar-refractivity contribution < 1.29 is 9.47 Å². The SMILES string of the molecule is COc1ccc(OC[C@H]2CCCN(Cc3ccncc3)C2)cc1. The number of rotatable bonds is 6. The number of aromatic nitrogens is 1. The molecule has 2 aromatic rings. The average molecular weight is 312 g/mol. The zero-order chi connectivity index (χ0) is 15.9. The van der Waals surface area contributed by atoms with Crippen LogP contribution in [0.25, 0.3) is 0 Å². The van der Waals surface area contributed by atoms with Gasteiger partial charge in [0.15, 0.2) is 0 Å². The lowest BCUT2D eigenvalue weighted by Crippen LogP contribution is -2.37. The smallest absolute Gasteiger partial charge is 0.119 e. The fourth-order valence-electron chi connectivity index (χ4n) is 3.06. The first kappa shape index (κ1) is 15.8. The normalized spacial score (nSPS) is 18.6. The van der Waals surface area contributed by atoms with Gasteiger partial charge in [-0.1, -0.05) is 0 Å². The number of hydrogen-bond donors (Lipinski definition) is 0. The van der Waals surface area contributed by atoms with Gasteiger partial charge in [0.05, 0.1) is 13.7 Å². The van der Waals surface area contributed by atoms with Crippen molar-refractivity contribution in [2.45, 2.75) is 19.4 Å². The van der Waals surface area contributed by atoms with Crippen LogP contribution in [0.15, 0.2) is 48.8 Å². The molecule has 0 spiro atoms. The molecule has 0 N–H and O–H groups in total. The molecule has 1 fully saturated rings. The van der Waals surface area contributed by atoms with E-state index >= 15 is 0 Å². The van der Waals surface area contributed by atoms with Crippen molar-refractivity contribution in [3.8, 4) is 11.5 Å². The van der Waals surface area contributed by atoms with Gasteiger partial charge in [-0.15, -0.1) is 0 Å². The Hall–Kier alpha value is -2.07. The molecule has 1 aliphatic rings. The topological polar surface area (TPSA) is 34.6 Å². The fourth-order valence-corrected chi connectivity index (χ4v) is 3.06. The first-order chi connectivity index (χ1) is 11.3. The van der Waals surface area contributed by atoms with Crippen LogP contribution >= 0.6 is 0 Å². The molecule has 1 aromatic carbocycles. The third-order valence-electron chi connectivity index (χ3n) is 4.30. The second-order valence-electron chi connectivity index (χ2n) is 6.09. The summed E-state index contributed by atoms with van der Waals surface area (Å²) >= 11 is 0. The van der Waals surface area contributed by atoms with E-state index in [2.05, 4.69) is 22.0 Å². The molecule has 0 aliphatic carbocycles. The Balaban J connectivity index is 1.48. The molecular formula is C19H24N2O2. The van der Waals surface area contributed by atoms with Gasteiger partial charge in [-0.25, -0.2) is 0 Å². The second kappa shape index (κ2) is 7.97. The fraction of sp³-hybridized carbons (Fsp3) is 0.421. The van der Waals surface area contributed by atoms with E-state index in [-0.39, 0.29) is 0 Å². The number of hydrogen-bond acceptors (Lipinski definition) is 4. The molecule has 1 saturated heterocycles. The standard InChI is InChI=1S/C19H24N2O2/c1-22-18-4-6-19(7-5-18)23-15-17-3-2-12-21(14-17)13-16-8-10-20-11-9-16/h4-11,17H,2-3,12-15H2,1H3/t17-/m0/s1. The summed E-state index contributed by atoms with van der Waals surface area (Å²) in [5, 5.41) is 0. The van der Waals surface area contributed by atoms with E-state index in [0.29, 0.717) is 5.92 Å². The van der Waals surface area contributed by atoms with Crippen LogP contribution in [0.5, 0.6) is 11.5 Å². The van der Waals surface area contributed by atoms with Crippen LogP contribution in [0.4, 0.5) is 0 Å². The minimum absolute atomic E-state index is 0.590. The lowest BCUT2D eigenvalue weighted by atomic mass is 9.98. The number of ether oxygens (including phenoxy) is 2.